The highest BCUT2D eigenvalue weighted by molar-refractivity contribution is 9.10. The zero-order valence-corrected chi connectivity index (χ0v) is 12.5. The van der Waals surface area contributed by atoms with E-state index < -0.39 is 0 Å². The molecule has 2 heterocycles. The zero-order valence-electron chi connectivity index (χ0n) is 10.9. The molecule has 7 heteroatoms. The Kier molecular flexibility index (Phi) is 3.66. The molecule has 1 aliphatic rings. The highest BCUT2D eigenvalue weighted by Gasteiger charge is 2.16. The molecule has 0 spiro atoms. The molecular weight excluding hydrogens is 338 g/mol. The van der Waals surface area contributed by atoms with Crippen molar-refractivity contribution in [2.75, 3.05) is 24.3 Å². The Bertz CT molecular complexity index is 689. The summed E-state index contributed by atoms with van der Waals surface area (Å²) in [5.41, 5.74) is 7.09. The second kappa shape index (κ2) is 5.61. The maximum atomic E-state index is 12.1. The molecule has 1 aromatic heterocycles. The number of ether oxygens (including phenoxy) is 2. The Balaban J connectivity index is 1.84. The molecule has 0 saturated carbocycles. The molecule has 1 aliphatic heterocycles. The predicted octanol–water partition coefficient (Wildman–Crippen LogP) is 2.45. The van der Waals surface area contributed by atoms with Crippen molar-refractivity contribution < 1.29 is 14.3 Å². The van der Waals surface area contributed by atoms with Crippen LogP contribution in [0.15, 0.2) is 34.9 Å². The van der Waals surface area contributed by atoms with Crippen LogP contribution >= 0.6 is 15.9 Å². The SMILES string of the molecule is Nc1cc2c(cc1NC(=O)c1ccc(Br)cn1)OCCO2. The molecule has 0 atom stereocenters. The van der Waals surface area contributed by atoms with Crippen molar-refractivity contribution in [3.63, 3.8) is 0 Å². The summed E-state index contributed by atoms with van der Waals surface area (Å²) in [7, 11) is 0. The van der Waals surface area contributed by atoms with E-state index >= 15 is 0 Å². The summed E-state index contributed by atoms with van der Waals surface area (Å²) in [5, 5.41) is 2.72. The van der Waals surface area contributed by atoms with Gasteiger partial charge in [0, 0.05) is 22.8 Å². The number of nitrogens with zero attached hydrogens (tertiary/aromatic N) is 1. The summed E-state index contributed by atoms with van der Waals surface area (Å²) >= 11 is 3.27. The lowest BCUT2D eigenvalue weighted by atomic mass is 10.2. The summed E-state index contributed by atoms with van der Waals surface area (Å²) in [6.45, 7) is 0.958. The van der Waals surface area contributed by atoms with Gasteiger partial charge in [-0.3, -0.25) is 4.79 Å². The number of fused-ring (bicyclic) bond motifs is 1. The van der Waals surface area contributed by atoms with Gasteiger partial charge in [0.15, 0.2) is 11.5 Å². The molecule has 1 aromatic carbocycles. The predicted molar refractivity (Wildman–Crippen MR) is 81.7 cm³/mol. The highest BCUT2D eigenvalue weighted by Crippen LogP contribution is 2.37. The molecule has 0 saturated heterocycles. The van der Waals surface area contributed by atoms with Crippen LogP contribution in [0.25, 0.3) is 0 Å². The second-order valence-electron chi connectivity index (χ2n) is 4.40. The van der Waals surface area contributed by atoms with Crippen molar-refractivity contribution in [3.05, 3.63) is 40.6 Å². The molecule has 0 unspecified atom stereocenters. The molecular formula is C14H12BrN3O3. The maximum absolute atomic E-state index is 12.1. The van der Waals surface area contributed by atoms with Crippen LogP contribution in [0.3, 0.4) is 0 Å². The van der Waals surface area contributed by atoms with Crippen molar-refractivity contribution in [3.8, 4) is 11.5 Å². The number of anilines is 2. The molecule has 1 amide bonds. The van der Waals surface area contributed by atoms with E-state index in [1.54, 1.807) is 30.5 Å². The fourth-order valence-corrected chi connectivity index (χ4v) is 2.14. The normalized spacial score (nSPS) is 12.8. The molecule has 0 radical (unpaired) electrons. The lowest BCUT2D eigenvalue weighted by Crippen LogP contribution is -2.18. The van der Waals surface area contributed by atoms with Crippen molar-refractivity contribution in [1.29, 1.82) is 0 Å². The Morgan fingerprint density at radius 3 is 2.62 bits per heavy atom. The van der Waals surface area contributed by atoms with Crippen molar-refractivity contribution >= 4 is 33.2 Å². The van der Waals surface area contributed by atoms with Crippen molar-refractivity contribution in [2.45, 2.75) is 0 Å². The Morgan fingerprint density at radius 2 is 1.95 bits per heavy atom. The number of benzene rings is 1. The number of hydrogen-bond acceptors (Lipinski definition) is 5. The van der Waals surface area contributed by atoms with Gasteiger partial charge in [0.1, 0.15) is 18.9 Å². The lowest BCUT2D eigenvalue weighted by Gasteiger charge is -2.20. The van der Waals surface area contributed by atoms with Crippen molar-refractivity contribution in [1.82, 2.24) is 4.98 Å². The van der Waals surface area contributed by atoms with Crippen LogP contribution < -0.4 is 20.5 Å². The van der Waals surface area contributed by atoms with E-state index in [1.165, 1.54) is 0 Å². The fourth-order valence-electron chi connectivity index (χ4n) is 1.91. The minimum absolute atomic E-state index is 0.299. The number of carbonyl (C=O) groups excluding carboxylic acids is 1. The third-order valence-corrected chi connectivity index (χ3v) is 3.39. The number of amides is 1. The summed E-state index contributed by atoms with van der Waals surface area (Å²) in [5.74, 6) is 0.805. The first kappa shape index (κ1) is 13.7. The molecule has 2 aromatic rings. The average molecular weight is 350 g/mol. The number of nitrogens with one attached hydrogen (secondary N) is 1. The van der Waals surface area contributed by atoms with Crippen LogP contribution in [0.2, 0.25) is 0 Å². The molecule has 0 aliphatic carbocycles. The van der Waals surface area contributed by atoms with Gasteiger partial charge in [-0.1, -0.05) is 0 Å². The van der Waals surface area contributed by atoms with Gasteiger partial charge in [-0.05, 0) is 28.1 Å². The molecule has 3 N–H and O–H groups in total. The topological polar surface area (TPSA) is 86.5 Å². The van der Waals surface area contributed by atoms with E-state index in [4.69, 9.17) is 15.2 Å². The van der Waals surface area contributed by atoms with E-state index in [2.05, 4.69) is 26.2 Å². The van der Waals surface area contributed by atoms with Crippen LogP contribution in [-0.4, -0.2) is 24.1 Å². The first-order valence-corrected chi connectivity index (χ1v) is 7.05. The highest BCUT2D eigenvalue weighted by atomic mass is 79.9. The molecule has 0 fully saturated rings. The summed E-state index contributed by atoms with van der Waals surface area (Å²) in [4.78, 5) is 16.2. The molecule has 21 heavy (non-hydrogen) atoms. The number of halogens is 1. The van der Waals surface area contributed by atoms with E-state index in [-0.39, 0.29) is 5.91 Å². The minimum Gasteiger partial charge on any atom is -0.486 e. The maximum Gasteiger partial charge on any atom is 0.274 e. The molecule has 3 rings (SSSR count). The third kappa shape index (κ3) is 2.92. The van der Waals surface area contributed by atoms with E-state index in [0.29, 0.717) is 41.8 Å². The molecule has 108 valence electrons. The van der Waals surface area contributed by atoms with Crippen LogP contribution in [0.1, 0.15) is 10.5 Å². The van der Waals surface area contributed by atoms with Gasteiger partial charge in [-0.2, -0.15) is 0 Å². The van der Waals surface area contributed by atoms with Gasteiger partial charge in [0.05, 0.1) is 11.4 Å². The molecule has 0 bridgehead atoms. The number of hydrogen-bond donors (Lipinski definition) is 2. The summed E-state index contributed by atoms with van der Waals surface area (Å²) in [6, 6.07) is 6.66. The van der Waals surface area contributed by atoms with E-state index in [0.717, 1.165) is 4.47 Å². The largest absolute Gasteiger partial charge is 0.486 e. The number of nitrogen functional groups attached to an aromatic ring is 1. The van der Waals surface area contributed by atoms with Crippen LogP contribution in [0, 0.1) is 0 Å². The van der Waals surface area contributed by atoms with Gasteiger partial charge in [-0.25, -0.2) is 4.98 Å². The second-order valence-corrected chi connectivity index (χ2v) is 5.31. The Morgan fingerprint density at radius 1 is 1.24 bits per heavy atom. The number of pyridine rings is 1. The Labute approximate surface area is 129 Å². The van der Waals surface area contributed by atoms with Gasteiger partial charge >= 0.3 is 0 Å². The standard InChI is InChI=1S/C14H12BrN3O3/c15-8-1-2-10(17-7-8)14(19)18-11-6-13-12(5-9(11)16)20-3-4-21-13/h1-2,5-7H,3-4,16H2,(H,18,19). The van der Waals surface area contributed by atoms with Crippen LogP contribution in [0.5, 0.6) is 11.5 Å². The Hall–Kier alpha value is -2.28. The van der Waals surface area contributed by atoms with Crippen LogP contribution in [0.4, 0.5) is 11.4 Å². The first-order valence-electron chi connectivity index (χ1n) is 6.25. The first-order chi connectivity index (χ1) is 10.1. The van der Waals surface area contributed by atoms with Gasteiger partial charge < -0.3 is 20.5 Å². The monoisotopic (exact) mass is 349 g/mol. The van der Waals surface area contributed by atoms with E-state index in [1.807, 2.05) is 0 Å². The smallest absolute Gasteiger partial charge is 0.274 e. The quantitative estimate of drug-likeness (QED) is 0.813. The number of carbonyl (C=O) groups is 1. The molecule has 6 nitrogen and oxygen atoms in total. The zero-order chi connectivity index (χ0) is 14.8. The third-order valence-electron chi connectivity index (χ3n) is 2.92. The summed E-state index contributed by atoms with van der Waals surface area (Å²) < 4.78 is 11.7. The van der Waals surface area contributed by atoms with E-state index in [9.17, 15) is 4.79 Å². The lowest BCUT2D eigenvalue weighted by molar-refractivity contribution is 0.102. The van der Waals surface area contributed by atoms with Gasteiger partial charge in [0.25, 0.3) is 5.91 Å². The number of rotatable bonds is 2. The van der Waals surface area contributed by atoms with Gasteiger partial charge in [0.2, 0.25) is 0 Å². The van der Waals surface area contributed by atoms with Crippen LogP contribution in [-0.2, 0) is 0 Å². The fraction of sp³-hybridized carbons (Fsp3) is 0.143. The average Bonchev–Trinajstić information content (AvgIpc) is 2.48. The number of aromatic nitrogens is 1. The number of nitrogens with two attached hydrogens (primary N) is 1. The summed E-state index contributed by atoms with van der Waals surface area (Å²) in [6.07, 6.45) is 1.56. The van der Waals surface area contributed by atoms with Gasteiger partial charge in [-0.15, -0.1) is 0 Å². The van der Waals surface area contributed by atoms with Crippen molar-refractivity contribution in [2.24, 2.45) is 0 Å². The minimum atomic E-state index is -0.342.